The van der Waals surface area contributed by atoms with Crippen LogP contribution < -0.4 is 10.5 Å². The van der Waals surface area contributed by atoms with Crippen LogP contribution in [0.2, 0.25) is 0 Å². The molecule has 0 spiro atoms. The molecule has 0 aliphatic carbocycles. The number of ether oxygens (including phenoxy) is 1. The molecule has 5 heteroatoms. The first-order valence-corrected chi connectivity index (χ1v) is 7.99. The fourth-order valence-corrected chi connectivity index (χ4v) is 2.96. The van der Waals surface area contributed by atoms with Gasteiger partial charge in [-0.1, -0.05) is 40.2 Å². The first-order chi connectivity index (χ1) is 10.2. The minimum Gasteiger partial charge on any atom is -0.457 e. The van der Waals surface area contributed by atoms with E-state index in [-0.39, 0.29) is 12.4 Å². The molecular weight excluding hydrogens is 364 g/mol. The number of para-hydroxylation sites is 1. The van der Waals surface area contributed by atoms with Gasteiger partial charge in [-0.25, -0.2) is 0 Å². The van der Waals surface area contributed by atoms with E-state index in [9.17, 15) is 0 Å². The molecule has 0 aromatic heterocycles. The Kier molecular flexibility index (Phi) is 6.26. The minimum atomic E-state index is 0. The Balaban J connectivity index is 0.00000176. The van der Waals surface area contributed by atoms with Gasteiger partial charge >= 0.3 is 0 Å². The van der Waals surface area contributed by atoms with Crippen molar-refractivity contribution in [1.29, 1.82) is 0 Å². The molecule has 0 radical (unpaired) electrons. The second-order valence-electron chi connectivity index (χ2n) is 5.45. The summed E-state index contributed by atoms with van der Waals surface area (Å²) in [6.07, 6.45) is 1.07. The van der Waals surface area contributed by atoms with Crippen molar-refractivity contribution in [1.82, 2.24) is 4.90 Å². The van der Waals surface area contributed by atoms with Crippen LogP contribution in [0.15, 0.2) is 53.0 Å². The maximum Gasteiger partial charge on any atom is 0.133 e. The topological polar surface area (TPSA) is 38.5 Å². The summed E-state index contributed by atoms with van der Waals surface area (Å²) in [6.45, 7) is 2.89. The monoisotopic (exact) mass is 382 g/mol. The lowest BCUT2D eigenvalue weighted by atomic mass is 10.2. The third-order valence-corrected chi connectivity index (χ3v) is 4.20. The van der Waals surface area contributed by atoms with Gasteiger partial charge in [0.2, 0.25) is 0 Å². The lowest BCUT2D eigenvalue weighted by molar-refractivity contribution is 0.321. The lowest BCUT2D eigenvalue weighted by Gasteiger charge is -2.18. The molecule has 0 bridgehead atoms. The molecule has 0 amide bonds. The molecule has 1 atom stereocenters. The van der Waals surface area contributed by atoms with Gasteiger partial charge in [-0.05, 0) is 30.7 Å². The smallest absolute Gasteiger partial charge is 0.133 e. The third-order valence-electron chi connectivity index (χ3n) is 3.70. The number of rotatable bonds is 4. The van der Waals surface area contributed by atoms with Crippen molar-refractivity contribution in [3.8, 4) is 11.5 Å². The van der Waals surface area contributed by atoms with Gasteiger partial charge in [0.15, 0.2) is 0 Å². The Morgan fingerprint density at radius 3 is 2.64 bits per heavy atom. The van der Waals surface area contributed by atoms with Crippen LogP contribution in [0.4, 0.5) is 0 Å². The zero-order valence-electron chi connectivity index (χ0n) is 12.2. The first kappa shape index (κ1) is 17.3. The Bertz CT molecular complexity index is 609. The van der Waals surface area contributed by atoms with Crippen molar-refractivity contribution < 1.29 is 4.74 Å². The van der Waals surface area contributed by atoms with Crippen molar-refractivity contribution in [2.45, 2.75) is 19.0 Å². The molecule has 3 nitrogen and oxygen atoms in total. The molecule has 3 rings (SSSR count). The van der Waals surface area contributed by atoms with E-state index in [4.69, 9.17) is 10.5 Å². The number of likely N-dealkylation sites (tertiary alicyclic amines) is 1. The number of nitrogens with zero attached hydrogens (tertiary/aromatic N) is 1. The molecular formula is C17H20BrClN2O. The van der Waals surface area contributed by atoms with E-state index in [1.807, 2.05) is 36.4 Å². The van der Waals surface area contributed by atoms with Crippen LogP contribution in [0.1, 0.15) is 12.0 Å². The van der Waals surface area contributed by atoms with E-state index in [0.29, 0.717) is 6.04 Å². The van der Waals surface area contributed by atoms with Gasteiger partial charge in [0, 0.05) is 35.7 Å². The summed E-state index contributed by atoms with van der Waals surface area (Å²) in [4.78, 5) is 2.38. The summed E-state index contributed by atoms with van der Waals surface area (Å²) in [5.74, 6) is 1.76. The summed E-state index contributed by atoms with van der Waals surface area (Å²) in [7, 11) is 0. The van der Waals surface area contributed by atoms with Crippen LogP contribution >= 0.6 is 28.3 Å². The maximum absolute atomic E-state index is 6.04. The number of benzene rings is 2. The van der Waals surface area contributed by atoms with Crippen LogP contribution in [0, 0.1) is 0 Å². The maximum atomic E-state index is 6.04. The van der Waals surface area contributed by atoms with Gasteiger partial charge in [0.25, 0.3) is 0 Å². The summed E-state index contributed by atoms with van der Waals surface area (Å²) in [6, 6.07) is 16.4. The molecule has 22 heavy (non-hydrogen) atoms. The van der Waals surface area contributed by atoms with Gasteiger partial charge in [-0.2, -0.15) is 0 Å². The summed E-state index contributed by atoms with van der Waals surface area (Å²) in [5.41, 5.74) is 7.17. The molecule has 2 aromatic rings. The highest BCUT2D eigenvalue weighted by Gasteiger charge is 2.20. The fourth-order valence-electron chi connectivity index (χ4n) is 2.62. The number of hydrogen-bond donors (Lipinski definition) is 1. The van der Waals surface area contributed by atoms with Gasteiger partial charge in [0.1, 0.15) is 11.5 Å². The third kappa shape index (κ3) is 4.46. The van der Waals surface area contributed by atoms with Gasteiger partial charge < -0.3 is 10.5 Å². The van der Waals surface area contributed by atoms with Crippen LogP contribution in [0.25, 0.3) is 0 Å². The molecule has 1 heterocycles. The molecule has 2 aromatic carbocycles. The quantitative estimate of drug-likeness (QED) is 0.860. The lowest BCUT2D eigenvalue weighted by Crippen LogP contribution is -2.26. The standard InChI is InChI=1S/C17H19BrN2O.ClH/c18-14-7-6-13(11-20-9-8-15(19)12-20)17(10-14)21-16-4-2-1-3-5-16;/h1-7,10,15H,8-9,11-12,19H2;1H. The van der Waals surface area contributed by atoms with Gasteiger partial charge in [-0.15, -0.1) is 12.4 Å². The molecule has 1 saturated heterocycles. The second-order valence-corrected chi connectivity index (χ2v) is 6.37. The zero-order chi connectivity index (χ0) is 14.7. The van der Waals surface area contributed by atoms with E-state index in [1.54, 1.807) is 0 Å². The highest BCUT2D eigenvalue weighted by atomic mass is 79.9. The van der Waals surface area contributed by atoms with Gasteiger partial charge in [-0.3, -0.25) is 4.90 Å². The van der Waals surface area contributed by atoms with E-state index in [2.05, 4.69) is 33.0 Å². The van der Waals surface area contributed by atoms with Crippen molar-refractivity contribution in [3.63, 3.8) is 0 Å². The average molecular weight is 384 g/mol. The molecule has 118 valence electrons. The molecule has 0 saturated carbocycles. The van der Waals surface area contributed by atoms with Crippen LogP contribution in [0.3, 0.4) is 0 Å². The average Bonchev–Trinajstić information content (AvgIpc) is 2.88. The Labute approximate surface area is 146 Å². The first-order valence-electron chi connectivity index (χ1n) is 7.20. The van der Waals surface area contributed by atoms with E-state index < -0.39 is 0 Å². The van der Waals surface area contributed by atoms with Crippen molar-refractivity contribution >= 4 is 28.3 Å². The van der Waals surface area contributed by atoms with Crippen molar-refractivity contribution in [2.24, 2.45) is 5.73 Å². The van der Waals surface area contributed by atoms with Crippen molar-refractivity contribution in [2.75, 3.05) is 13.1 Å². The van der Waals surface area contributed by atoms with E-state index in [1.165, 1.54) is 5.56 Å². The van der Waals surface area contributed by atoms with E-state index in [0.717, 1.165) is 42.0 Å². The molecule has 1 aliphatic heterocycles. The largest absolute Gasteiger partial charge is 0.457 e. The Hall–Kier alpha value is -1.07. The molecule has 2 N–H and O–H groups in total. The van der Waals surface area contributed by atoms with Crippen LogP contribution in [-0.2, 0) is 6.54 Å². The highest BCUT2D eigenvalue weighted by Crippen LogP contribution is 2.30. The second kappa shape index (κ2) is 7.97. The number of nitrogens with two attached hydrogens (primary N) is 1. The molecule has 1 fully saturated rings. The fraction of sp³-hybridized carbons (Fsp3) is 0.294. The minimum absolute atomic E-state index is 0. The van der Waals surface area contributed by atoms with Gasteiger partial charge in [0.05, 0.1) is 0 Å². The Morgan fingerprint density at radius 2 is 1.95 bits per heavy atom. The normalized spacial score (nSPS) is 18.0. The van der Waals surface area contributed by atoms with E-state index >= 15 is 0 Å². The van der Waals surface area contributed by atoms with Crippen LogP contribution in [0.5, 0.6) is 11.5 Å². The van der Waals surface area contributed by atoms with Crippen LogP contribution in [-0.4, -0.2) is 24.0 Å². The van der Waals surface area contributed by atoms with Crippen molar-refractivity contribution in [3.05, 3.63) is 58.6 Å². The SMILES string of the molecule is Cl.NC1CCN(Cc2ccc(Br)cc2Oc2ccccc2)C1. The zero-order valence-corrected chi connectivity index (χ0v) is 14.6. The number of halogens is 2. The Morgan fingerprint density at radius 1 is 1.18 bits per heavy atom. The molecule has 1 aliphatic rings. The predicted octanol–water partition coefficient (Wildman–Crippen LogP) is 4.20. The summed E-state index contributed by atoms with van der Waals surface area (Å²) < 4.78 is 7.06. The summed E-state index contributed by atoms with van der Waals surface area (Å²) in [5, 5.41) is 0. The summed E-state index contributed by atoms with van der Waals surface area (Å²) >= 11 is 3.52. The predicted molar refractivity (Wildman–Crippen MR) is 95.8 cm³/mol. The highest BCUT2D eigenvalue weighted by molar-refractivity contribution is 9.10. The number of hydrogen-bond acceptors (Lipinski definition) is 3. The molecule has 1 unspecified atom stereocenters.